The summed E-state index contributed by atoms with van der Waals surface area (Å²) < 4.78 is 10.4. The van der Waals surface area contributed by atoms with Crippen LogP contribution >= 0.6 is 0 Å². The topological polar surface area (TPSA) is 59.6 Å². The minimum atomic E-state index is -0.103. The van der Waals surface area contributed by atoms with Crippen molar-refractivity contribution in [2.75, 3.05) is 26.9 Å². The summed E-state index contributed by atoms with van der Waals surface area (Å²) >= 11 is 0. The van der Waals surface area contributed by atoms with Crippen LogP contribution in [0.15, 0.2) is 18.2 Å². The summed E-state index contributed by atoms with van der Waals surface area (Å²) in [7, 11) is 1.84. The van der Waals surface area contributed by atoms with Gasteiger partial charge in [-0.1, -0.05) is 0 Å². The van der Waals surface area contributed by atoms with Gasteiger partial charge in [-0.2, -0.15) is 0 Å². The highest BCUT2D eigenvalue weighted by Gasteiger charge is 2.15. The molecular weight excluding hydrogens is 208 g/mol. The molecule has 0 unspecified atom stereocenters. The van der Waals surface area contributed by atoms with E-state index in [1.165, 1.54) is 0 Å². The standard InChI is InChI=1S/C11H14N2O3/c1-12-4-5-13-11(14)8-2-3-9-10(6-8)16-7-15-9/h2-3,6,12H,4-5,7H2,1H3,(H,13,14). The second-order valence-electron chi connectivity index (χ2n) is 3.43. The highest BCUT2D eigenvalue weighted by Crippen LogP contribution is 2.32. The average Bonchev–Trinajstić information content (AvgIpc) is 2.76. The number of rotatable bonds is 4. The third-order valence-corrected chi connectivity index (χ3v) is 2.30. The van der Waals surface area contributed by atoms with E-state index in [1.807, 2.05) is 7.05 Å². The van der Waals surface area contributed by atoms with Gasteiger partial charge in [0.15, 0.2) is 11.5 Å². The number of carbonyl (C=O) groups excluding carboxylic acids is 1. The van der Waals surface area contributed by atoms with Crippen molar-refractivity contribution in [1.29, 1.82) is 0 Å². The van der Waals surface area contributed by atoms with E-state index in [0.29, 0.717) is 23.6 Å². The van der Waals surface area contributed by atoms with E-state index < -0.39 is 0 Å². The van der Waals surface area contributed by atoms with Crippen LogP contribution in [-0.4, -0.2) is 32.8 Å². The van der Waals surface area contributed by atoms with Crippen LogP contribution in [0.2, 0.25) is 0 Å². The van der Waals surface area contributed by atoms with E-state index >= 15 is 0 Å². The Kier molecular flexibility index (Phi) is 3.26. The second-order valence-corrected chi connectivity index (χ2v) is 3.43. The van der Waals surface area contributed by atoms with Crippen molar-refractivity contribution < 1.29 is 14.3 Å². The van der Waals surface area contributed by atoms with Gasteiger partial charge in [0.2, 0.25) is 6.79 Å². The zero-order chi connectivity index (χ0) is 11.4. The van der Waals surface area contributed by atoms with Gasteiger partial charge in [0.1, 0.15) is 0 Å². The molecule has 5 nitrogen and oxygen atoms in total. The molecule has 16 heavy (non-hydrogen) atoms. The molecule has 0 aliphatic carbocycles. The molecule has 1 amide bonds. The fraction of sp³-hybridized carbons (Fsp3) is 0.364. The maximum atomic E-state index is 11.7. The van der Waals surface area contributed by atoms with Gasteiger partial charge in [0.05, 0.1) is 0 Å². The minimum absolute atomic E-state index is 0.103. The second kappa shape index (κ2) is 4.85. The lowest BCUT2D eigenvalue weighted by molar-refractivity contribution is 0.0953. The maximum Gasteiger partial charge on any atom is 0.251 e. The molecule has 1 heterocycles. The van der Waals surface area contributed by atoms with Gasteiger partial charge < -0.3 is 20.1 Å². The predicted molar refractivity (Wildman–Crippen MR) is 58.8 cm³/mol. The Hall–Kier alpha value is -1.75. The van der Waals surface area contributed by atoms with Crippen LogP contribution in [0, 0.1) is 0 Å². The summed E-state index contributed by atoms with van der Waals surface area (Å²) in [5, 5.41) is 5.75. The average molecular weight is 222 g/mol. The van der Waals surface area contributed by atoms with Gasteiger partial charge in [-0.15, -0.1) is 0 Å². The van der Waals surface area contributed by atoms with Crippen LogP contribution < -0.4 is 20.1 Å². The summed E-state index contributed by atoms with van der Waals surface area (Å²) in [6.45, 7) is 1.57. The first-order valence-electron chi connectivity index (χ1n) is 5.13. The maximum absolute atomic E-state index is 11.7. The number of amides is 1. The first-order valence-corrected chi connectivity index (χ1v) is 5.13. The van der Waals surface area contributed by atoms with Crippen molar-refractivity contribution >= 4 is 5.91 Å². The van der Waals surface area contributed by atoms with Gasteiger partial charge >= 0.3 is 0 Å². The van der Waals surface area contributed by atoms with Crippen molar-refractivity contribution in [3.05, 3.63) is 23.8 Å². The molecule has 0 saturated carbocycles. The molecule has 2 rings (SSSR count). The Morgan fingerprint density at radius 1 is 1.31 bits per heavy atom. The van der Waals surface area contributed by atoms with Crippen molar-refractivity contribution in [3.63, 3.8) is 0 Å². The number of fused-ring (bicyclic) bond motifs is 1. The molecule has 5 heteroatoms. The smallest absolute Gasteiger partial charge is 0.251 e. The van der Waals surface area contributed by atoms with E-state index in [4.69, 9.17) is 9.47 Å². The van der Waals surface area contributed by atoms with Gasteiger partial charge in [-0.3, -0.25) is 4.79 Å². The number of benzene rings is 1. The molecule has 86 valence electrons. The minimum Gasteiger partial charge on any atom is -0.454 e. The van der Waals surface area contributed by atoms with Crippen LogP contribution in [0.3, 0.4) is 0 Å². The highest BCUT2D eigenvalue weighted by atomic mass is 16.7. The molecule has 0 atom stereocenters. The number of nitrogens with one attached hydrogen (secondary N) is 2. The summed E-state index contributed by atoms with van der Waals surface area (Å²) in [6, 6.07) is 5.16. The first-order chi connectivity index (χ1) is 7.81. The van der Waals surface area contributed by atoms with E-state index in [1.54, 1.807) is 18.2 Å². The summed E-state index contributed by atoms with van der Waals surface area (Å²) in [6.07, 6.45) is 0. The highest BCUT2D eigenvalue weighted by molar-refractivity contribution is 5.94. The third kappa shape index (κ3) is 2.25. The van der Waals surface area contributed by atoms with Gasteiger partial charge in [-0.05, 0) is 25.2 Å². The summed E-state index contributed by atoms with van der Waals surface area (Å²) in [5.74, 6) is 1.21. The molecule has 1 aromatic carbocycles. The number of likely N-dealkylation sites (N-methyl/N-ethyl adjacent to an activating group) is 1. The van der Waals surface area contributed by atoms with E-state index in [-0.39, 0.29) is 12.7 Å². The quantitative estimate of drug-likeness (QED) is 0.722. The van der Waals surface area contributed by atoms with Crippen molar-refractivity contribution in [1.82, 2.24) is 10.6 Å². The monoisotopic (exact) mass is 222 g/mol. The van der Waals surface area contributed by atoms with Crippen LogP contribution in [-0.2, 0) is 0 Å². The SMILES string of the molecule is CNCCNC(=O)c1ccc2c(c1)OCO2. The molecule has 1 aliphatic heterocycles. The van der Waals surface area contributed by atoms with Crippen molar-refractivity contribution in [2.24, 2.45) is 0 Å². The molecule has 1 aromatic rings. The van der Waals surface area contributed by atoms with Crippen LogP contribution in [0.4, 0.5) is 0 Å². The fourth-order valence-corrected chi connectivity index (χ4v) is 1.44. The number of carbonyl (C=O) groups is 1. The van der Waals surface area contributed by atoms with E-state index in [2.05, 4.69) is 10.6 Å². The van der Waals surface area contributed by atoms with Crippen molar-refractivity contribution in [2.45, 2.75) is 0 Å². The Labute approximate surface area is 93.7 Å². The number of ether oxygens (including phenoxy) is 2. The number of hydrogen-bond acceptors (Lipinski definition) is 4. The molecule has 0 fully saturated rings. The molecule has 0 bridgehead atoms. The Morgan fingerprint density at radius 3 is 2.94 bits per heavy atom. The first kappa shape index (κ1) is 10.8. The van der Waals surface area contributed by atoms with Crippen LogP contribution in [0.5, 0.6) is 11.5 Å². The van der Waals surface area contributed by atoms with E-state index in [0.717, 1.165) is 6.54 Å². The molecule has 2 N–H and O–H groups in total. The molecule has 0 saturated heterocycles. The van der Waals surface area contributed by atoms with E-state index in [9.17, 15) is 4.79 Å². The molecule has 0 spiro atoms. The largest absolute Gasteiger partial charge is 0.454 e. The molecule has 0 radical (unpaired) electrons. The molecule has 1 aliphatic rings. The summed E-state index contributed by atoms with van der Waals surface area (Å²) in [5.41, 5.74) is 0.584. The molecular formula is C11H14N2O3. The zero-order valence-corrected chi connectivity index (χ0v) is 9.08. The van der Waals surface area contributed by atoms with Crippen LogP contribution in [0.1, 0.15) is 10.4 Å². The zero-order valence-electron chi connectivity index (χ0n) is 9.08. The third-order valence-electron chi connectivity index (χ3n) is 2.30. The van der Waals surface area contributed by atoms with Gasteiger partial charge in [-0.25, -0.2) is 0 Å². The lowest BCUT2D eigenvalue weighted by atomic mass is 10.2. The molecule has 0 aromatic heterocycles. The Balaban J connectivity index is 2.01. The van der Waals surface area contributed by atoms with Gasteiger partial charge in [0.25, 0.3) is 5.91 Å². The lowest BCUT2D eigenvalue weighted by Crippen LogP contribution is -2.30. The van der Waals surface area contributed by atoms with Crippen LogP contribution in [0.25, 0.3) is 0 Å². The normalized spacial score (nSPS) is 12.6. The summed E-state index contributed by atoms with van der Waals surface area (Å²) in [4.78, 5) is 11.7. The van der Waals surface area contributed by atoms with Crippen molar-refractivity contribution in [3.8, 4) is 11.5 Å². The number of hydrogen-bond donors (Lipinski definition) is 2. The Bertz CT molecular complexity index is 393. The van der Waals surface area contributed by atoms with Gasteiger partial charge in [0, 0.05) is 18.7 Å². The Morgan fingerprint density at radius 2 is 2.12 bits per heavy atom. The fourth-order valence-electron chi connectivity index (χ4n) is 1.44. The predicted octanol–water partition coefficient (Wildman–Crippen LogP) is 0.364. The lowest BCUT2D eigenvalue weighted by Gasteiger charge is -2.05.